The molecule has 78 valence electrons. The molecule has 0 spiro atoms. The van der Waals surface area contributed by atoms with Crippen molar-refractivity contribution in [3.05, 3.63) is 33.3 Å². The zero-order valence-electron chi connectivity index (χ0n) is 7.88. The molecule has 0 N–H and O–H groups in total. The molecule has 0 aliphatic rings. The molecule has 1 aromatic carbocycles. The van der Waals surface area contributed by atoms with Gasteiger partial charge < -0.3 is 4.74 Å². The molecule has 0 unspecified atom stereocenters. The van der Waals surface area contributed by atoms with E-state index in [1.165, 1.54) is 12.1 Å². The second kappa shape index (κ2) is 5.01. The Bertz CT molecular complexity index is 415. The van der Waals surface area contributed by atoms with Crippen molar-refractivity contribution in [2.24, 2.45) is 0 Å². The maximum absolute atomic E-state index is 11.4. The lowest BCUT2D eigenvalue weighted by molar-refractivity contribution is 0.0527. The molecule has 0 fully saturated rings. The van der Waals surface area contributed by atoms with Crippen molar-refractivity contribution < 1.29 is 9.53 Å². The molecule has 1 rings (SSSR count). The molecule has 0 heterocycles. The minimum atomic E-state index is -0.586. The summed E-state index contributed by atoms with van der Waals surface area (Å²) in [7, 11) is 0. The number of halogens is 2. The van der Waals surface area contributed by atoms with Crippen molar-refractivity contribution >= 4 is 29.2 Å². The first-order valence-corrected chi connectivity index (χ1v) is 4.92. The molecule has 0 bridgehead atoms. The number of hydrogen-bond acceptors (Lipinski definition) is 3. The van der Waals surface area contributed by atoms with Gasteiger partial charge in [-0.2, -0.15) is 5.26 Å². The second-order valence-corrected chi connectivity index (χ2v) is 3.46. The van der Waals surface area contributed by atoms with Crippen molar-refractivity contribution in [3.63, 3.8) is 0 Å². The number of carbonyl (C=O) groups excluding carboxylic acids is 1. The Morgan fingerprint density at radius 2 is 2.00 bits per heavy atom. The topological polar surface area (TPSA) is 50.1 Å². The highest BCUT2D eigenvalue weighted by atomic mass is 35.5. The Kier molecular flexibility index (Phi) is 3.96. The Hall–Kier alpha value is -1.24. The van der Waals surface area contributed by atoms with E-state index in [0.717, 1.165) is 0 Å². The van der Waals surface area contributed by atoms with Gasteiger partial charge in [-0.3, -0.25) is 0 Å². The van der Waals surface area contributed by atoms with Crippen LogP contribution < -0.4 is 0 Å². The molecule has 15 heavy (non-hydrogen) atoms. The predicted molar refractivity (Wildman–Crippen MR) is 57.1 cm³/mol. The van der Waals surface area contributed by atoms with Crippen LogP contribution in [-0.2, 0) is 4.74 Å². The number of hydrogen-bond donors (Lipinski definition) is 0. The van der Waals surface area contributed by atoms with Crippen LogP contribution in [-0.4, -0.2) is 12.6 Å². The van der Waals surface area contributed by atoms with Crippen molar-refractivity contribution in [1.82, 2.24) is 0 Å². The largest absolute Gasteiger partial charge is 0.462 e. The van der Waals surface area contributed by atoms with Gasteiger partial charge in [0.2, 0.25) is 0 Å². The summed E-state index contributed by atoms with van der Waals surface area (Å²) in [5.41, 5.74) is 0.400. The first-order valence-electron chi connectivity index (χ1n) is 4.16. The molecular weight excluding hydrogens is 237 g/mol. The molecular formula is C10H7Cl2NO2. The highest BCUT2D eigenvalue weighted by Gasteiger charge is 2.16. The van der Waals surface area contributed by atoms with E-state index in [1.807, 2.05) is 6.07 Å². The highest BCUT2D eigenvalue weighted by Crippen LogP contribution is 2.27. The third-order valence-corrected chi connectivity index (χ3v) is 2.25. The molecule has 0 aliphatic carbocycles. The Morgan fingerprint density at radius 1 is 1.47 bits per heavy atom. The van der Waals surface area contributed by atoms with Gasteiger partial charge in [-0.15, -0.1) is 0 Å². The van der Waals surface area contributed by atoms with Gasteiger partial charge in [-0.25, -0.2) is 4.79 Å². The molecule has 0 radical (unpaired) electrons. The Balaban J connectivity index is 3.21. The van der Waals surface area contributed by atoms with E-state index < -0.39 is 5.97 Å². The smallest absolute Gasteiger partial charge is 0.341 e. The van der Waals surface area contributed by atoms with Gasteiger partial charge in [0, 0.05) is 0 Å². The van der Waals surface area contributed by atoms with Crippen molar-refractivity contribution in [2.45, 2.75) is 6.92 Å². The van der Waals surface area contributed by atoms with Crippen molar-refractivity contribution in [1.29, 1.82) is 5.26 Å². The molecule has 0 atom stereocenters. The first-order chi connectivity index (χ1) is 7.10. The molecule has 0 amide bonds. The van der Waals surface area contributed by atoms with Crippen LogP contribution in [0.1, 0.15) is 22.8 Å². The summed E-state index contributed by atoms with van der Waals surface area (Å²) in [6.45, 7) is 1.93. The van der Waals surface area contributed by atoms with Crippen LogP contribution in [0.15, 0.2) is 12.1 Å². The SMILES string of the molecule is CCOC(=O)c1c(Cl)cc(C#N)cc1Cl. The lowest BCUT2D eigenvalue weighted by atomic mass is 10.1. The summed E-state index contributed by atoms with van der Waals surface area (Å²) >= 11 is 11.6. The normalized spacial score (nSPS) is 9.47. The van der Waals surface area contributed by atoms with Crippen LogP contribution in [0.5, 0.6) is 0 Å². The minimum absolute atomic E-state index is 0.0965. The Labute approximate surface area is 97.2 Å². The van der Waals surface area contributed by atoms with E-state index in [2.05, 4.69) is 0 Å². The summed E-state index contributed by atoms with van der Waals surface area (Å²) < 4.78 is 4.77. The van der Waals surface area contributed by atoms with Gasteiger partial charge >= 0.3 is 5.97 Å². The Morgan fingerprint density at radius 3 is 2.40 bits per heavy atom. The molecule has 0 aliphatic heterocycles. The monoisotopic (exact) mass is 243 g/mol. The van der Waals surface area contributed by atoms with Crippen LogP contribution in [0, 0.1) is 11.3 Å². The average molecular weight is 244 g/mol. The lowest BCUT2D eigenvalue weighted by Crippen LogP contribution is -2.06. The van der Waals surface area contributed by atoms with E-state index in [9.17, 15) is 4.79 Å². The lowest BCUT2D eigenvalue weighted by Gasteiger charge is -2.06. The maximum atomic E-state index is 11.4. The molecule has 0 saturated carbocycles. The summed E-state index contributed by atoms with van der Waals surface area (Å²) in [6, 6.07) is 4.64. The van der Waals surface area contributed by atoms with Crippen LogP contribution in [0.25, 0.3) is 0 Å². The van der Waals surface area contributed by atoms with Gasteiger partial charge in [-0.05, 0) is 19.1 Å². The highest BCUT2D eigenvalue weighted by molar-refractivity contribution is 6.39. The number of rotatable bonds is 2. The molecule has 5 heteroatoms. The number of carbonyl (C=O) groups is 1. The maximum Gasteiger partial charge on any atom is 0.341 e. The van der Waals surface area contributed by atoms with E-state index in [0.29, 0.717) is 5.56 Å². The average Bonchev–Trinajstić information content (AvgIpc) is 2.16. The van der Waals surface area contributed by atoms with Crippen LogP contribution in [0.2, 0.25) is 10.0 Å². The number of nitrogens with zero attached hydrogens (tertiary/aromatic N) is 1. The number of benzene rings is 1. The third kappa shape index (κ3) is 2.62. The fraction of sp³-hybridized carbons (Fsp3) is 0.200. The summed E-state index contributed by atoms with van der Waals surface area (Å²) in [5.74, 6) is -0.586. The van der Waals surface area contributed by atoms with Gasteiger partial charge in [0.05, 0.1) is 33.8 Å². The van der Waals surface area contributed by atoms with Crippen LogP contribution in [0.3, 0.4) is 0 Å². The van der Waals surface area contributed by atoms with Crippen molar-refractivity contribution in [3.8, 4) is 6.07 Å². The van der Waals surface area contributed by atoms with Gasteiger partial charge in [-0.1, -0.05) is 23.2 Å². The summed E-state index contributed by atoms with van der Waals surface area (Å²) in [6.07, 6.45) is 0. The van der Waals surface area contributed by atoms with Crippen molar-refractivity contribution in [2.75, 3.05) is 6.61 Å². The van der Waals surface area contributed by atoms with E-state index >= 15 is 0 Å². The van der Waals surface area contributed by atoms with Crippen LogP contribution >= 0.6 is 23.2 Å². The minimum Gasteiger partial charge on any atom is -0.462 e. The van der Waals surface area contributed by atoms with E-state index in [4.69, 9.17) is 33.2 Å². The van der Waals surface area contributed by atoms with Gasteiger partial charge in [0.25, 0.3) is 0 Å². The van der Waals surface area contributed by atoms with Gasteiger partial charge in [0.1, 0.15) is 0 Å². The fourth-order valence-corrected chi connectivity index (χ4v) is 1.68. The quantitative estimate of drug-likeness (QED) is 0.751. The number of esters is 1. The summed E-state index contributed by atoms with van der Waals surface area (Å²) in [4.78, 5) is 11.4. The zero-order valence-corrected chi connectivity index (χ0v) is 9.39. The molecule has 1 aromatic rings. The second-order valence-electron chi connectivity index (χ2n) is 2.65. The standard InChI is InChI=1S/C10H7Cl2NO2/c1-2-15-10(14)9-7(11)3-6(5-13)4-8(9)12/h3-4H,2H2,1H3. The summed E-state index contributed by atoms with van der Waals surface area (Å²) in [5, 5.41) is 8.88. The number of nitriles is 1. The van der Waals surface area contributed by atoms with Crippen LogP contribution in [0.4, 0.5) is 0 Å². The first kappa shape index (κ1) is 11.8. The predicted octanol–water partition coefficient (Wildman–Crippen LogP) is 3.04. The molecule has 0 saturated heterocycles. The fourth-order valence-electron chi connectivity index (χ4n) is 1.04. The zero-order chi connectivity index (χ0) is 11.4. The third-order valence-electron chi connectivity index (χ3n) is 1.65. The van der Waals surface area contributed by atoms with E-state index in [1.54, 1.807) is 6.92 Å². The number of ether oxygens (including phenoxy) is 1. The molecule has 0 aromatic heterocycles. The van der Waals surface area contributed by atoms with E-state index in [-0.39, 0.29) is 22.2 Å². The molecule has 3 nitrogen and oxygen atoms in total. The van der Waals surface area contributed by atoms with Gasteiger partial charge in [0.15, 0.2) is 0 Å².